The first-order valence-corrected chi connectivity index (χ1v) is 7.81. The molecule has 8 heteroatoms. The first kappa shape index (κ1) is 17.2. The maximum atomic E-state index is 12.5. The van der Waals surface area contributed by atoms with E-state index in [0.717, 1.165) is 11.1 Å². The molecule has 1 aromatic heterocycles. The molecule has 0 spiro atoms. The van der Waals surface area contributed by atoms with Crippen LogP contribution in [0.3, 0.4) is 0 Å². The van der Waals surface area contributed by atoms with Gasteiger partial charge < -0.3 is 4.57 Å². The Kier molecular flexibility index (Phi) is 5.41. The number of nitrogens with zero attached hydrogens (tertiary/aromatic N) is 1. The molecule has 0 aliphatic heterocycles. The second-order valence-electron chi connectivity index (χ2n) is 4.59. The summed E-state index contributed by atoms with van der Waals surface area (Å²) in [4.78, 5) is 12.5. The number of aromatic nitrogens is 1. The Hall–Kier alpha value is -1.18. The van der Waals surface area contributed by atoms with E-state index in [4.69, 9.17) is 11.6 Å². The van der Waals surface area contributed by atoms with E-state index in [0.29, 0.717) is 16.8 Å². The van der Waals surface area contributed by atoms with Crippen LogP contribution in [0.5, 0.6) is 0 Å². The van der Waals surface area contributed by atoms with Gasteiger partial charge in [-0.25, -0.2) is 0 Å². The highest BCUT2D eigenvalue weighted by Gasteiger charge is 2.28. The van der Waals surface area contributed by atoms with E-state index < -0.39 is 5.51 Å². The van der Waals surface area contributed by atoms with Gasteiger partial charge in [-0.15, -0.1) is 0 Å². The van der Waals surface area contributed by atoms with E-state index in [1.165, 1.54) is 4.57 Å². The summed E-state index contributed by atoms with van der Waals surface area (Å²) < 4.78 is 39.9. The van der Waals surface area contributed by atoms with Gasteiger partial charge >= 0.3 is 5.51 Å². The first-order chi connectivity index (χ1) is 10.3. The number of aryl methyl sites for hydroxylation is 1. The molecule has 3 nitrogen and oxygen atoms in total. The summed E-state index contributed by atoms with van der Waals surface area (Å²) in [6, 6.07) is 7.03. The molecule has 1 aromatic carbocycles. The molecule has 0 atom stereocenters. The van der Waals surface area contributed by atoms with E-state index in [1.807, 2.05) is 13.0 Å². The van der Waals surface area contributed by atoms with Crippen molar-refractivity contribution >= 4 is 34.3 Å². The molecule has 0 unspecified atom stereocenters. The van der Waals surface area contributed by atoms with E-state index in [-0.39, 0.29) is 30.6 Å². The summed E-state index contributed by atoms with van der Waals surface area (Å²) in [5.41, 5.74) is -3.86. The molecular formula is C14H14ClF3N2OS. The average molecular weight is 351 g/mol. The number of alkyl halides is 3. The standard InChI is InChI=1S/C14H14ClF3N2OS/c1-2-10-8-9-4-3-5-11(15)12(9)13(21)20(10)7-6-19-22-14(16,17)18/h3-5,8,19H,2,6-7H2,1H3. The van der Waals surface area contributed by atoms with Gasteiger partial charge in [0.25, 0.3) is 5.56 Å². The lowest BCUT2D eigenvalue weighted by Crippen LogP contribution is -2.28. The lowest BCUT2D eigenvalue weighted by molar-refractivity contribution is -0.0335. The van der Waals surface area contributed by atoms with Crippen LogP contribution in [0.4, 0.5) is 13.2 Å². The third-order valence-corrected chi connectivity index (χ3v) is 4.06. The maximum absolute atomic E-state index is 12.5. The normalized spacial score (nSPS) is 12.0. The average Bonchev–Trinajstić information content (AvgIpc) is 2.43. The predicted molar refractivity (Wildman–Crippen MR) is 84.2 cm³/mol. The third-order valence-electron chi connectivity index (χ3n) is 3.16. The van der Waals surface area contributed by atoms with Crippen molar-refractivity contribution in [1.82, 2.24) is 9.29 Å². The largest absolute Gasteiger partial charge is 0.456 e. The molecule has 22 heavy (non-hydrogen) atoms. The van der Waals surface area contributed by atoms with Crippen molar-refractivity contribution in [3.63, 3.8) is 0 Å². The van der Waals surface area contributed by atoms with Crippen molar-refractivity contribution in [3.05, 3.63) is 45.3 Å². The lowest BCUT2D eigenvalue weighted by Gasteiger charge is -2.14. The molecule has 0 radical (unpaired) electrons. The Morgan fingerprint density at radius 3 is 2.73 bits per heavy atom. The summed E-state index contributed by atoms with van der Waals surface area (Å²) >= 11 is 5.76. The number of rotatable bonds is 5. The highest BCUT2D eigenvalue weighted by atomic mass is 35.5. The van der Waals surface area contributed by atoms with Crippen molar-refractivity contribution < 1.29 is 13.2 Å². The molecule has 0 bridgehead atoms. The van der Waals surface area contributed by atoms with Crippen LogP contribution in [0.1, 0.15) is 12.6 Å². The predicted octanol–water partition coefficient (Wildman–Crippen LogP) is 3.97. The molecule has 0 saturated heterocycles. The molecule has 0 saturated carbocycles. The Labute approximate surface area is 134 Å². The first-order valence-electron chi connectivity index (χ1n) is 6.62. The monoisotopic (exact) mass is 350 g/mol. The van der Waals surface area contributed by atoms with E-state index in [2.05, 4.69) is 4.72 Å². The molecule has 120 valence electrons. The SMILES string of the molecule is CCc1cc2cccc(Cl)c2c(=O)n1CCNSC(F)(F)F. The van der Waals surface area contributed by atoms with Crippen LogP contribution in [0, 0.1) is 0 Å². The molecule has 0 amide bonds. The fourth-order valence-corrected chi connectivity index (χ4v) is 2.86. The third kappa shape index (κ3) is 3.97. The number of nitrogens with one attached hydrogen (secondary N) is 1. The van der Waals surface area contributed by atoms with Crippen LogP contribution >= 0.6 is 23.5 Å². The van der Waals surface area contributed by atoms with Gasteiger partial charge in [0, 0.05) is 30.7 Å². The number of hydrogen-bond donors (Lipinski definition) is 1. The summed E-state index contributed by atoms with van der Waals surface area (Å²) in [5, 5.41) is 1.48. The highest BCUT2D eigenvalue weighted by Crippen LogP contribution is 2.27. The molecule has 2 rings (SSSR count). The molecule has 0 aliphatic rings. The van der Waals surface area contributed by atoms with E-state index >= 15 is 0 Å². The molecule has 0 fully saturated rings. The molecular weight excluding hydrogens is 337 g/mol. The molecule has 0 aliphatic carbocycles. The van der Waals surface area contributed by atoms with Crippen molar-refractivity contribution in [1.29, 1.82) is 0 Å². The minimum absolute atomic E-state index is 0.0209. The van der Waals surface area contributed by atoms with Gasteiger partial charge in [0.2, 0.25) is 0 Å². The summed E-state index contributed by atoms with van der Waals surface area (Å²) in [6.45, 7) is 2.05. The van der Waals surface area contributed by atoms with Crippen LogP contribution in [-0.4, -0.2) is 16.6 Å². The topological polar surface area (TPSA) is 34.0 Å². The van der Waals surface area contributed by atoms with Gasteiger partial charge in [-0.1, -0.05) is 30.7 Å². The lowest BCUT2D eigenvalue weighted by atomic mass is 10.1. The second-order valence-corrected chi connectivity index (χ2v) is 5.96. The van der Waals surface area contributed by atoms with Gasteiger partial charge in [0.15, 0.2) is 0 Å². The van der Waals surface area contributed by atoms with Gasteiger partial charge in [-0.3, -0.25) is 9.52 Å². The van der Waals surface area contributed by atoms with Crippen LogP contribution in [0.2, 0.25) is 5.02 Å². The fourth-order valence-electron chi connectivity index (χ4n) is 2.24. The minimum Gasteiger partial charge on any atom is -0.311 e. The van der Waals surface area contributed by atoms with Gasteiger partial charge in [-0.2, -0.15) is 13.2 Å². The molecule has 1 N–H and O–H groups in total. The number of fused-ring (bicyclic) bond motifs is 1. The van der Waals surface area contributed by atoms with Crippen molar-refractivity contribution in [2.75, 3.05) is 6.54 Å². The maximum Gasteiger partial charge on any atom is 0.456 e. The second kappa shape index (κ2) is 6.93. The van der Waals surface area contributed by atoms with Crippen LogP contribution in [0.15, 0.2) is 29.1 Å². The molecule has 2 aromatic rings. The van der Waals surface area contributed by atoms with Crippen molar-refractivity contribution in [3.8, 4) is 0 Å². The number of hydrogen-bond acceptors (Lipinski definition) is 3. The van der Waals surface area contributed by atoms with Crippen LogP contribution < -0.4 is 10.3 Å². The van der Waals surface area contributed by atoms with Crippen molar-refractivity contribution in [2.24, 2.45) is 0 Å². The zero-order chi connectivity index (χ0) is 16.3. The van der Waals surface area contributed by atoms with E-state index in [9.17, 15) is 18.0 Å². The number of benzene rings is 1. The Morgan fingerprint density at radius 1 is 1.36 bits per heavy atom. The van der Waals surface area contributed by atoms with Gasteiger partial charge in [0.05, 0.1) is 10.4 Å². The van der Waals surface area contributed by atoms with Gasteiger partial charge in [-0.05, 0) is 23.9 Å². The number of halogens is 4. The Morgan fingerprint density at radius 2 is 2.09 bits per heavy atom. The fraction of sp³-hybridized carbons (Fsp3) is 0.357. The minimum atomic E-state index is -4.34. The summed E-state index contributed by atoms with van der Waals surface area (Å²) in [7, 11) is 0. The van der Waals surface area contributed by atoms with Crippen molar-refractivity contribution in [2.45, 2.75) is 25.4 Å². The Bertz CT molecular complexity index is 730. The number of pyridine rings is 1. The smallest absolute Gasteiger partial charge is 0.311 e. The van der Waals surface area contributed by atoms with Crippen LogP contribution in [0.25, 0.3) is 10.8 Å². The zero-order valence-corrected chi connectivity index (χ0v) is 13.3. The van der Waals surface area contributed by atoms with Crippen LogP contribution in [-0.2, 0) is 13.0 Å². The van der Waals surface area contributed by atoms with Gasteiger partial charge in [0.1, 0.15) is 0 Å². The molecule has 1 heterocycles. The highest BCUT2D eigenvalue weighted by molar-refractivity contribution is 7.98. The summed E-state index contributed by atoms with van der Waals surface area (Å²) in [5.74, 6) is 0. The zero-order valence-electron chi connectivity index (χ0n) is 11.7. The summed E-state index contributed by atoms with van der Waals surface area (Å²) in [6.07, 6.45) is 0.601. The van der Waals surface area contributed by atoms with E-state index in [1.54, 1.807) is 18.2 Å². The quantitative estimate of drug-likeness (QED) is 0.654. The Balaban J connectivity index is 2.30.